The van der Waals surface area contributed by atoms with Crippen molar-refractivity contribution in [3.63, 3.8) is 0 Å². The molecule has 0 aromatic heterocycles. The minimum atomic E-state index is -4.96. The van der Waals surface area contributed by atoms with Gasteiger partial charge in [0.25, 0.3) is 0 Å². The van der Waals surface area contributed by atoms with Crippen LogP contribution in [0.1, 0.15) is 325 Å². The topological polar surface area (TPSA) is 237 Å². The fourth-order valence-corrected chi connectivity index (χ4v) is 11.6. The SMILES string of the molecule is CCCCCC/C=C\C=C/CCCCCCCC(=O)O[C@H](COC(=O)CCCCCCCCCCCCCCC(C)C)COP(=O)(O)OCC(O)COP(=O)(O)OC[C@@H](COC(=O)CCCCCCCCCC(C)C)OC(=O)CCCCCCCCC(C)C. The number of unbranched alkanes of at least 4 members (excludes halogenated alkanes) is 31. The third kappa shape index (κ3) is 64.1. The van der Waals surface area contributed by atoms with E-state index in [9.17, 15) is 43.2 Å². The molecule has 0 aliphatic rings. The molecule has 89 heavy (non-hydrogen) atoms. The largest absolute Gasteiger partial charge is 0.472 e. The van der Waals surface area contributed by atoms with Crippen LogP contribution in [-0.2, 0) is 65.4 Å². The Labute approximate surface area is 542 Å². The summed E-state index contributed by atoms with van der Waals surface area (Å²) in [7, 11) is -9.91. The lowest BCUT2D eigenvalue weighted by Gasteiger charge is -2.21. The first-order valence-corrected chi connectivity index (χ1v) is 38.7. The van der Waals surface area contributed by atoms with E-state index in [1.165, 1.54) is 116 Å². The average molecular weight is 1310 g/mol. The molecule has 0 aromatic rings. The first kappa shape index (κ1) is 86.5. The van der Waals surface area contributed by atoms with E-state index in [2.05, 4.69) is 72.8 Å². The summed E-state index contributed by atoms with van der Waals surface area (Å²) < 4.78 is 68.2. The van der Waals surface area contributed by atoms with Gasteiger partial charge < -0.3 is 33.8 Å². The van der Waals surface area contributed by atoms with E-state index in [0.29, 0.717) is 37.5 Å². The lowest BCUT2D eigenvalue weighted by atomic mass is 10.0. The number of rotatable bonds is 66. The number of allylic oxidation sites excluding steroid dienone is 4. The van der Waals surface area contributed by atoms with Crippen LogP contribution in [0, 0.1) is 17.8 Å². The van der Waals surface area contributed by atoms with Gasteiger partial charge in [-0.15, -0.1) is 0 Å². The van der Waals surface area contributed by atoms with E-state index >= 15 is 0 Å². The number of aliphatic hydroxyl groups excluding tert-OH is 1. The molecule has 5 atom stereocenters. The fourth-order valence-electron chi connectivity index (χ4n) is 10.0. The molecule has 0 saturated carbocycles. The molecule has 0 radical (unpaired) electrons. The highest BCUT2D eigenvalue weighted by Crippen LogP contribution is 2.45. The number of aliphatic hydroxyl groups is 1. The number of carbonyl (C=O) groups is 4. The van der Waals surface area contributed by atoms with Crippen LogP contribution in [0.5, 0.6) is 0 Å². The molecule has 0 amide bonds. The summed E-state index contributed by atoms with van der Waals surface area (Å²) in [6, 6.07) is 0. The molecule has 0 rings (SSSR count). The van der Waals surface area contributed by atoms with Gasteiger partial charge in [-0.3, -0.25) is 37.3 Å². The highest BCUT2D eigenvalue weighted by molar-refractivity contribution is 7.47. The Morgan fingerprint density at radius 1 is 0.348 bits per heavy atom. The molecule has 3 N–H and O–H groups in total. The second kappa shape index (κ2) is 60.5. The third-order valence-electron chi connectivity index (χ3n) is 15.5. The van der Waals surface area contributed by atoms with Gasteiger partial charge in [0, 0.05) is 25.7 Å². The number of ether oxygens (including phenoxy) is 4. The Morgan fingerprint density at radius 3 is 0.910 bits per heavy atom. The molecule has 0 heterocycles. The molecule has 19 heteroatoms. The fraction of sp³-hybridized carbons (Fsp3) is 0.886. The molecule has 0 spiro atoms. The van der Waals surface area contributed by atoms with Crippen LogP contribution >= 0.6 is 15.6 Å². The summed E-state index contributed by atoms with van der Waals surface area (Å²) in [6.07, 6.45) is 46.9. The van der Waals surface area contributed by atoms with Crippen LogP contribution in [0.25, 0.3) is 0 Å². The smallest absolute Gasteiger partial charge is 0.462 e. The van der Waals surface area contributed by atoms with Gasteiger partial charge in [-0.2, -0.15) is 0 Å². The predicted molar refractivity (Wildman–Crippen MR) is 358 cm³/mol. The predicted octanol–water partition coefficient (Wildman–Crippen LogP) is 19.4. The summed E-state index contributed by atoms with van der Waals surface area (Å²) in [5, 5.41) is 10.6. The molecular formula is C70H132O17P2. The van der Waals surface area contributed by atoms with Crippen LogP contribution in [0.15, 0.2) is 24.3 Å². The van der Waals surface area contributed by atoms with E-state index in [-0.39, 0.29) is 25.7 Å². The molecule has 17 nitrogen and oxygen atoms in total. The lowest BCUT2D eigenvalue weighted by Crippen LogP contribution is -2.30. The zero-order chi connectivity index (χ0) is 65.9. The average Bonchev–Trinajstić information content (AvgIpc) is 3.70. The number of phosphoric acid groups is 2. The van der Waals surface area contributed by atoms with E-state index < -0.39 is 97.5 Å². The van der Waals surface area contributed by atoms with Crippen molar-refractivity contribution in [1.29, 1.82) is 0 Å². The van der Waals surface area contributed by atoms with E-state index in [1.807, 2.05) is 0 Å². The van der Waals surface area contributed by atoms with Crippen molar-refractivity contribution >= 4 is 39.5 Å². The number of carbonyl (C=O) groups excluding carboxylic acids is 4. The molecular weight excluding hydrogens is 1170 g/mol. The van der Waals surface area contributed by atoms with E-state index in [1.54, 1.807) is 0 Å². The number of hydrogen-bond acceptors (Lipinski definition) is 15. The van der Waals surface area contributed by atoms with Gasteiger partial charge in [0.15, 0.2) is 12.2 Å². The highest BCUT2D eigenvalue weighted by Gasteiger charge is 2.30. The van der Waals surface area contributed by atoms with Crippen molar-refractivity contribution in [2.45, 2.75) is 343 Å². The minimum Gasteiger partial charge on any atom is -0.462 e. The lowest BCUT2D eigenvalue weighted by molar-refractivity contribution is -0.161. The molecule has 0 fully saturated rings. The number of hydrogen-bond donors (Lipinski definition) is 3. The molecule has 3 unspecified atom stereocenters. The molecule has 0 saturated heterocycles. The maximum Gasteiger partial charge on any atom is 0.472 e. The zero-order valence-corrected chi connectivity index (χ0v) is 59.2. The number of esters is 4. The Balaban J connectivity index is 5.27. The van der Waals surface area contributed by atoms with Gasteiger partial charge in [-0.05, 0) is 69.1 Å². The summed E-state index contributed by atoms with van der Waals surface area (Å²) >= 11 is 0. The van der Waals surface area contributed by atoms with Gasteiger partial charge in [-0.1, -0.05) is 272 Å². The first-order valence-electron chi connectivity index (χ1n) is 35.7. The molecule has 524 valence electrons. The Hall–Kier alpha value is -2.46. The molecule has 0 bridgehead atoms. The molecule has 0 aliphatic carbocycles. The zero-order valence-electron chi connectivity index (χ0n) is 57.4. The van der Waals surface area contributed by atoms with Crippen molar-refractivity contribution in [3.05, 3.63) is 24.3 Å². The molecule has 0 aromatic carbocycles. The second-order valence-electron chi connectivity index (χ2n) is 26.0. The summed E-state index contributed by atoms with van der Waals surface area (Å²) in [6.45, 7) is 11.6. The summed E-state index contributed by atoms with van der Waals surface area (Å²) in [5.41, 5.74) is 0. The van der Waals surface area contributed by atoms with Crippen LogP contribution in [0.2, 0.25) is 0 Å². The van der Waals surface area contributed by atoms with Gasteiger partial charge in [0.2, 0.25) is 0 Å². The number of phosphoric ester groups is 2. The summed E-state index contributed by atoms with van der Waals surface area (Å²) in [4.78, 5) is 72.4. The molecule has 0 aliphatic heterocycles. The van der Waals surface area contributed by atoms with Crippen molar-refractivity contribution in [1.82, 2.24) is 0 Å². The van der Waals surface area contributed by atoms with Gasteiger partial charge in [0.1, 0.15) is 19.3 Å². The minimum absolute atomic E-state index is 0.0844. The van der Waals surface area contributed by atoms with E-state index in [4.69, 9.17) is 37.0 Å². The van der Waals surface area contributed by atoms with Crippen molar-refractivity contribution in [3.8, 4) is 0 Å². The Bertz CT molecular complexity index is 1840. The standard InChI is InChI=1S/C70H132O17P2/c1-8-9-10-11-12-13-14-15-16-17-22-25-30-39-46-53-69(74)86-65(57-80-67(72)51-44-37-29-24-21-19-18-20-23-27-34-41-48-61(2)3)59-84-88(76,77)82-55-64(71)56-83-89(78,79)85-60-66(87-70(75)54-47-40-33-32-36-43-50-63(6)7)58-81-68(73)52-45-38-31-26-28-35-42-49-62(4)5/h13-16,61-66,71H,8-12,17-60H2,1-7H3,(H,76,77)(H,78,79)/b14-13-,16-15-/t64?,65-,66-/m1/s1. The normalized spacial score (nSPS) is 14.4. The van der Waals surface area contributed by atoms with Crippen LogP contribution in [-0.4, -0.2) is 96.7 Å². The highest BCUT2D eigenvalue weighted by atomic mass is 31.2. The second-order valence-corrected chi connectivity index (χ2v) is 28.9. The van der Waals surface area contributed by atoms with Gasteiger partial charge in [0.05, 0.1) is 26.4 Å². The van der Waals surface area contributed by atoms with Crippen LogP contribution in [0.3, 0.4) is 0 Å². The van der Waals surface area contributed by atoms with E-state index in [0.717, 1.165) is 115 Å². The first-order chi connectivity index (χ1) is 42.7. The maximum absolute atomic E-state index is 13.0. The van der Waals surface area contributed by atoms with Crippen molar-refractivity contribution in [2.24, 2.45) is 17.8 Å². The Morgan fingerprint density at radius 2 is 0.607 bits per heavy atom. The quantitative estimate of drug-likeness (QED) is 0.0169. The van der Waals surface area contributed by atoms with Crippen LogP contribution in [0.4, 0.5) is 0 Å². The third-order valence-corrected chi connectivity index (χ3v) is 17.4. The van der Waals surface area contributed by atoms with Crippen molar-refractivity contribution in [2.75, 3.05) is 39.6 Å². The van der Waals surface area contributed by atoms with Crippen molar-refractivity contribution < 1.29 is 80.2 Å². The summed E-state index contributed by atoms with van der Waals surface area (Å²) in [5.74, 6) is -0.0120. The van der Waals surface area contributed by atoms with Gasteiger partial charge in [-0.25, -0.2) is 9.13 Å². The van der Waals surface area contributed by atoms with Crippen LogP contribution < -0.4 is 0 Å². The maximum atomic E-state index is 13.0. The Kier molecular flexibility index (Phi) is 58.8. The monoisotopic (exact) mass is 1310 g/mol. The van der Waals surface area contributed by atoms with Gasteiger partial charge >= 0.3 is 39.5 Å².